The molecule has 0 atom stereocenters. The summed E-state index contributed by atoms with van der Waals surface area (Å²) in [6, 6.07) is 17.2. The molecule has 9 nitrogen and oxygen atoms in total. The summed E-state index contributed by atoms with van der Waals surface area (Å²) in [7, 11) is 2.99. The van der Waals surface area contributed by atoms with Crippen LogP contribution in [0.15, 0.2) is 71.5 Å². The number of carbonyl (C=O) groups is 2. The van der Waals surface area contributed by atoms with Gasteiger partial charge in [-0.05, 0) is 61.4 Å². The summed E-state index contributed by atoms with van der Waals surface area (Å²) in [5.74, 6) is -1.67. The molecule has 0 spiro atoms. The lowest BCUT2D eigenvalue weighted by molar-refractivity contribution is 0.0695. The molecule has 4 aromatic rings. The molecule has 0 fully saturated rings. The Kier molecular flexibility index (Phi) is 8.18. The number of halogens is 1. The standard InChI is InChI=1S/C30H28FN3O6/c1-17-8-13-23(22(31)14-17)33-28-27(29(36)32-16-19-9-11-20(39-4)12-10-19)25(15-26(35)34(28)3)40-24-7-5-6-21(18(24)2)30(37)38/h5-15,33H,16H2,1-4H3,(H,32,36)(H,37,38). The summed E-state index contributed by atoms with van der Waals surface area (Å²) < 4.78 is 27.2. The fraction of sp³-hybridized carbons (Fsp3) is 0.167. The monoisotopic (exact) mass is 545 g/mol. The van der Waals surface area contributed by atoms with Crippen LogP contribution >= 0.6 is 0 Å². The Morgan fingerprint density at radius 2 is 1.73 bits per heavy atom. The van der Waals surface area contributed by atoms with Gasteiger partial charge in [-0.25, -0.2) is 9.18 Å². The van der Waals surface area contributed by atoms with Crippen LogP contribution in [-0.2, 0) is 13.6 Å². The van der Waals surface area contributed by atoms with Crippen molar-refractivity contribution in [2.45, 2.75) is 20.4 Å². The molecule has 0 saturated heterocycles. The van der Waals surface area contributed by atoms with E-state index in [0.29, 0.717) is 16.9 Å². The minimum atomic E-state index is -1.15. The lowest BCUT2D eigenvalue weighted by Gasteiger charge is -2.20. The number of hydrogen-bond acceptors (Lipinski definition) is 6. The summed E-state index contributed by atoms with van der Waals surface area (Å²) in [6.45, 7) is 3.43. The van der Waals surface area contributed by atoms with Gasteiger partial charge >= 0.3 is 5.97 Å². The number of nitrogens with one attached hydrogen (secondary N) is 2. The van der Waals surface area contributed by atoms with E-state index in [2.05, 4.69) is 10.6 Å². The molecule has 0 bridgehead atoms. The number of ether oxygens (including phenoxy) is 2. The number of carboxylic acid groups (broad SMARTS) is 1. The summed E-state index contributed by atoms with van der Waals surface area (Å²) in [5, 5.41) is 15.2. The molecule has 3 N–H and O–H groups in total. The molecule has 1 amide bonds. The van der Waals surface area contributed by atoms with Crippen LogP contribution in [0.3, 0.4) is 0 Å². The number of hydrogen-bond donors (Lipinski definition) is 3. The van der Waals surface area contributed by atoms with Crippen LogP contribution in [0.4, 0.5) is 15.9 Å². The molecule has 4 rings (SSSR count). The zero-order chi connectivity index (χ0) is 29.0. The van der Waals surface area contributed by atoms with E-state index in [0.717, 1.165) is 11.6 Å². The van der Waals surface area contributed by atoms with Crippen molar-refractivity contribution in [1.29, 1.82) is 0 Å². The van der Waals surface area contributed by atoms with Crippen LogP contribution < -0.4 is 25.7 Å². The molecule has 40 heavy (non-hydrogen) atoms. The highest BCUT2D eigenvalue weighted by atomic mass is 19.1. The molecule has 1 heterocycles. The summed E-state index contributed by atoms with van der Waals surface area (Å²) >= 11 is 0. The molecule has 0 radical (unpaired) electrons. The van der Waals surface area contributed by atoms with Gasteiger partial charge in [0.2, 0.25) is 0 Å². The zero-order valence-corrected chi connectivity index (χ0v) is 22.4. The van der Waals surface area contributed by atoms with E-state index in [9.17, 15) is 23.9 Å². The number of anilines is 2. The molecule has 3 aromatic carbocycles. The lowest BCUT2D eigenvalue weighted by Crippen LogP contribution is -2.29. The van der Waals surface area contributed by atoms with Crippen LogP contribution in [0.25, 0.3) is 0 Å². The summed E-state index contributed by atoms with van der Waals surface area (Å²) in [6.07, 6.45) is 0. The van der Waals surface area contributed by atoms with E-state index in [4.69, 9.17) is 9.47 Å². The van der Waals surface area contributed by atoms with Gasteiger partial charge in [0.25, 0.3) is 11.5 Å². The van der Waals surface area contributed by atoms with E-state index in [-0.39, 0.29) is 40.7 Å². The summed E-state index contributed by atoms with van der Waals surface area (Å²) in [5.41, 5.74) is 1.22. The van der Waals surface area contributed by atoms with E-state index in [1.54, 1.807) is 51.3 Å². The smallest absolute Gasteiger partial charge is 0.336 e. The number of carbonyl (C=O) groups excluding carboxylic acids is 1. The van der Waals surface area contributed by atoms with Gasteiger partial charge in [-0.2, -0.15) is 0 Å². The molecule has 0 unspecified atom stereocenters. The molecular formula is C30H28FN3O6. The maximum atomic E-state index is 14.8. The molecule has 0 saturated carbocycles. The largest absolute Gasteiger partial charge is 0.497 e. The lowest BCUT2D eigenvalue weighted by atomic mass is 10.1. The second kappa shape index (κ2) is 11.7. The van der Waals surface area contributed by atoms with Gasteiger partial charge in [0.05, 0.1) is 18.4 Å². The minimum Gasteiger partial charge on any atom is -0.497 e. The van der Waals surface area contributed by atoms with E-state index >= 15 is 0 Å². The number of rotatable bonds is 9. The Morgan fingerprint density at radius 1 is 1.00 bits per heavy atom. The topological polar surface area (TPSA) is 119 Å². The van der Waals surface area contributed by atoms with Crippen LogP contribution in [0.2, 0.25) is 0 Å². The number of aromatic nitrogens is 1. The Hall–Kier alpha value is -5.12. The Labute approximate surface area is 229 Å². The van der Waals surface area contributed by atoms with Crippen molar-refractivity contribution < 1.29 is 28.6 Å². The molecule has 10 heteroatoms. The van der Waals surface area contributed by atoms with Crippen LogP contribution in [0, 0.1) is 19.7 Å². The highest BCUT2D eigenvalue weighted by Gasteiger charge is 2.24. The first-order valence-electron chi connectivity index (χ1n) is 12.3. The number of aryl methyl sites for hydroxylation is 1. The Morgan fingerprint density at radius 3 is 2.38 bits per heavy atom. The fourth-order valence-corrected chi connectivity index (χ4v) is 4.06. The normalized spacial score (nSPS) is 10.6. The highest BCUT2D eigenvalue weighted by Crippen LogP contribution is 2.34. The first kappa shape index (κ1) is 27.9. The number of nitrogens with zero attached hydrogens (tertiary/aromatic N) is 1. The average molecular weight is 546 g/mol. The number of aromatic carboxylic acids is 1. The van der Waals surface area contributed by atoms with Crippen LogP contribution in [-0.4, -0.2) is 28.7 Å². The second-order valence-electron chi connectivity index (χ2n) is 9.10. The van der Waals surface area contributed by atoms with Gasteiger partial charge in [0, 0.05) is 25.2 Å². The third-order valence-electron chi connectivity index (χ3n) is 6.36. The van der Waals surface area contributed by atoms with E-state index in [1.807, 2.05) is 0 Å². The van der Waals surface area contributed by atoms with Gasteiger partial charge in [-0.1, -0.05) is 24.3 Å². The summed E-state index contributed by atoms with van der Waals surface area (Å²) in [4.78, 5) is 38.3. The number of amides is 1. The van der Waals surface area contributed by atoms with E-state index in [1.165, 1.54) is 41.9 Å². The van der Waals surface area contributed by atoms with Crippen molar-refractivity contribution in [3.05, 3.63) is 111 Å². The zero-order valence-electron chi connectivity index (χ0n) is 22.4. The van der Waals surface area contributed by atoms with Crippen LogP contribution in [0.5, 0.6) is 17.2 Å². The highest BCUT2D eigenvalue weighted by molar-refractivity contribution is 6.02. The van der Waals surface area contributed by atoms with Crippen molar-refractivity contribution in [3.8, 4) is 17.2 Å². The Balaban J connectivity index is 1.81. The molecular weight excluding hydrogens is 517 g/mol. The Bertz CT molecular complexity index is 1650. The molecule has 0 aliphatic rings. The van der Waals surface area contributed by atoms with Crippen molar-refractivity contribution in [1.82, 2.24) is 9.88 Å². The predicted octanol–water partition coefficient (Wildman–Crippen LogP) is 5.31. The molecule has 0 aliphatic heterocycles. The molecule has 0 aliphatic carbocycles. The quantitative estimate of drug-likeness (QED) is 0.261. The van der Waals surface area contributed by atoms with Gasteiger partial charge in [-0.15, -0.1) is 0 Å². The third kappa shape index (κ3) is 5.96. The molecule has 206 valence electrons. The van der Waals surface area contributed by atoms with Crippen molar-refractivity contribution in [3.63, 3.8) is 0 Å². The van der Waals surface area contributed by atoms with E-state index < -0.39 is 23.3 Å². The number of carboxylic acids is 1. The van der Waals surface area contributed by atoms with Crippen LogP contribution in [0.1, 0.15) is 37.4 Å². The number of pyridine rings is 1. The van der Waals surface area contributed by atoms with Gasteiger partial charge < -0.3 is 25.2 Å². The third-order valence-corrected chi connectivity index (χ3v) is 6.36. The maximum Gasteiger partial charge on any atom is 0.336 e. The fourth-order valence-electron chi connectivity index (χ4n) is 4.06. The first-order valence-corrected chi connectivity index (χ1v) is 12.3. The second-order valence-corrected chi connectivity index (χ2v) is 9.10. The first-order chi connectivity index (χ1) is 19.1. The van der Waals surface area contributed by atoms with Gasteiger partial charge in [0.1, 0.15) is 34.4 Å². The average Bonchev–Trinajstić information content (AvgIpc) is 2.92. The van der Waals surface area contributed by atoms with Crippen molar-refractivity contribution >= 4 is 23.4 Å². The maximum absolute atomic E-state index is 14.8. The van der Waals surface area contributed by atoms with Gasteiger partial charge in [-0.3, -0.25) is 14.2 Å². The SMILES string of the molecule is COc1ccc(CNC(=O)c2c(Oc3cccc(C(=O)O)c3C)cc(=O)n(C)c2Nc2ccc(C)cc2F)cc1. The number of benzene rings is 3. The number of methoxy groups -OCH3 is 1. The van der Waals surface area contributed by atoms with Crippen molar-refractivity contribution in [2.24, 2.45) is 7.05 Å². The van der Waals surface area contributed by atoms with Crippen molar-refractivity contribution in [2.75, 3.05) is 12.4 Å². The molecule has 1 aromatic heterocycles. The van der Waals surface area contributed by atoms with Gasteiger partial charge in [0.15, 0.2) is 0 Å². The predicted molar refractivity (Wildman–Crippen MR) is 148 cm³/mol. The minimum absolute atomic E-state index is 0.00640.